The van der Waals surface area contributed by atoms with E-state index in [0.717, 1.165) is 5.65 Å². The molecular weight excluding hydrogens is 470 g/mol. The van der Waals surface area contributed by atoms with Gasteiger partial charge in [-0.25, -0.2) is 9.78 Å². The van der Waals surface area contributed by atoms with Crippen molar-refractivity contribution in [2.75, 3.05) is 6.54 Å². The molecule has 0 saturated carbocycles. The number of hydrogen-bond donors (Lipinski definition) is 0. The number of imidazole rings is 1. The number of rotatable bonds is 5. The number of benzene rings is 1. The SMILES string of the molecule is CC(C)(C)OC(=O)C[C@H]1[C@@H](c2cn3ccccc3n2)CN(C(=O)c2ccccc2)[C@@H]1C(=O)OC(C)(C)C. The molecule has 4 rings (SSSR count). The Bertz CT molecular complexity index is 1250. The maximum atomic E-state index is 13.7. The van der Waals surface area contributed by atoms with Crippen LogP contribution in [-0.4, -0.2) is 55.9 Å². The van der Waals surface area contributed by atoms with Gasteiger partial charge in [-0.1, -0.05) is 24.3 Å². The first kappa shape index (κ1) is 26.4. The third-order valence-corrected chi connectivity index (χ3v) is 6.17. The zero-order valence-corrected chi connectivity index (χ0v) is 22.3. The topological polar surface area (TPSA) is 90.2 Å². The summed E-state index contributed by atoms with van der Waals surface area (Å²) in [6.07, 6.45) is 3.73. The van der Waals surface area contributed by atoms with Gasteiger partial charge in [0.05, 0.1) is 12.1 Å². The number of hydrogen-bond acceptors (Lipinski definition) is 6. The zero-order valence-electron chi connectivity index (χ0n) is 22.3. The lowest BCUT2D eigenvalue weighted by molar-refractivity contribution is -0.162. The van der Waals surface area contributed by atoms with Crippen LogP contribution < -0.4 is 0 Å². The fraction of sp³-hybridized carbons (Fsp3) is 0.448. The second-order valence-electron chi connectivity index (χ2n) is 11.5. The third kappa shape index (κ3) is 6.18. The smallest absolute Gasteiger partial charge is 0.329 e. The van der Waals surface area contributed by atoms with E-state index >= 15 is 0 Å². The summed E-state index contributed by atoms with van der Waals surface area (Å²) in [5.41, 5.74) is 0.459. The minimum Gasteiger partial charge on any atom is -0.460 e. The molecule has 0 bridgehead atoms. The van der Waals surface area contributed by atoms with Crippen LogP contribution in [0.2, 0.25) is 0 Å². The minimum atomic E-state index is -0.978. The normalized spacial score (nSPS) is 20.2. The Labute approximate surface area is 217 Å². The van der Waals surface area contributed by atoms with Crippen LogP contribution in [0.3, 0.4) is 0 Å². The van der Waals surface area contributed by atoms with E-state index in [9.17, 15) is 14.4 Å². The standard InChI is InChI=1S/C29H35N3O5/c1-28(2,3)36-24(33)16-20-21(22-18-31-15-11-10-14-23(31)30-22)17-32(25(20)27(35)37-29(4,5)6)26(34)19-12-8-7-9-13-19/h7-15,18,20-21,25H,16-17H2,1-6H3/t20-,21-,25-/m0/s1. The van der Waals surface area contributed by atoms with Gasteiger partial charge in [0, 0.05) is 36.3 Å². The summed E-state index contributed by atoms with van der Waals surface area (Å²) in [5.74, 6) is -2.23. The minimum absolute atomic E-state index is 0.0573. The molecule has 3 heterocycles. The molecule has 1 saturated heterocycles. The van der Waals surface area contributed by atoms with Crippen molar-refractivity contribution in [2.45, 2.75) is 71.1 Å². The van der Waals surface area contributed by atoms with Gasteiger partial charge < -0.3 is 18.8 Å². The monoisotopic (exact) mass is 505 g/mol. The summed E-state index contributed by atoms with van der Waals surface area (Å²) in [6, 6.07) is 13.5. The molecule has 0 unspecified atom stereocenters. The van der Waals surface area contributed by atoms with Crippen LogP contribution in [0, 0.1) is 5.92 Å². The Balaban J connectivity index is 1.79. The molecule has 1 aliphatic rings. The maximum Gasteiger partial charge on any atom is 0.329 e. The van der Waals surface area contributed by atoms with Gasteiger partial charge in [-0.3, -0.25) is 9.59 Å². The number of ether oxygens (including phenoxy) is 2. The van der Waals surface area contributed by atoms with E-state index in [2.05, 4.69) is 0 Å². The van der Waals surface area contributed by atoms with Crippen LogP contribution in [0.4, 0.5) is 0 Å². The number of nitrogens with zero attached hydrogens (tertiary/aromatic N) is 3. The lowest BCUT2D eigenvalue weighted by Crippen LogP contribution is -2.46. The van der Waals surface area contributed by atoms with Crippen LogP contribution in [0.15, 0.2) is 60.9 Å². The number of likely N-dealkylation sites (tertiary alicyclic amines) is 1. The molecule has 196 valence electrons. The van der Waals surface area contributed by atoms with Crippen LogP contribution in [0.5, 0.6) is 0 Å². The summed E-state index contributed by atoms with van der Waals surface area (Å²) in [5, 5.41) is 0. The Morgan fingerprint density at radius 3 is 2.19 bits per heavy atom. The van der Waals surface area contributed by atoms with E-state index in [4.69, 9.17) is 14.5 Å². The highest BCUT2D eigenvalue weighted by atomic mass is 16.6. The highest BCUT2D eigenvalue weighted by Crippen LogP contribution is 2.41. The van der Waals surface area contributed by atoms with Gasteiger partial charge in [0.1, 0.15) is 22.9 Å². The lowest BCUT2D eigenvalue weighted by atomic mass is 9.85. The Hall–Kier alpha value is -3.68. The number of aromatic nitrogens is 2. The Morgan fingerprint density at radius 1 is 0.919 bits per heavy atom. The van der Waals surface area contributed by atoms with Crippen molar-refractivity contribution in [2.24, 2.45) is 5.92 Å². The number of esters is 2. The molecule has 0 radical (unpaired) electrons. The lowest BCUT2D eigenvalue weighted by Gasteiger charge is -2.30. The third-order valence-electron chi connectivity index (χ3n) is 6.17. The quantitative estimate of drug-likeness (QED) is 0.470. The molecule has 0 spiro atoms. The zero-order chi connectivity index (χ0) is 27.0. The number of fused-ring (bicyclic) bond motifs is 1. The first-order valence-electron chi connectivity index (χ1n) is 12.6. The van der Waals surface area contributed by atoms with E-state index in [-0.39, 0.29) is 24.8 Å². The second kappa shape index (κ2) is 10.00. The Kier molecular flexibility index (Phi) is 7.13. The van der Waals surface area contributed by atoms with Gasteiger partial charge in [0.25, 0.3) is 5.91 Å². The summed E-state index contributed by atoms with van der Waals surface area (Å²) >= 11 is 0. The number of carbonyl (C=O) groups is 3. The van der Waals surface area contributed by atoms with Crippen molar-refractivity contribution in [3.05, 3.63) is 72.2 Å². The highest BCUT2D eigenvalue weighted by molar-refractivity contribution is 5.97. The summed E-state index contributed by atoms with van der Waals surface area (Å²) in [7, 11) is 0. The molecule has 1 aromatic carbocycles. The molecule has 1 aliphatic heterocycles. The first-order valence-corrected chi connectivity index (χ1v) is 12.6. The van der Waals surface area contributed by atoms with E-state index in [1.807, 2.05) is 41.1 Å². The molecule has 0 N–H and O–H groups in total. The number of carbonyl (C=O) groups excluding carboxylic acids is 3. The van der Waals surface area contributed by atoms with E-state index < -0.39 is 35.1 Å². The molecule has 8 nitrogen and oxygen atoms in total. The summed E-state index contributed by atoms with van der Waals surface area (Å²) < 4.78 is 13.3. The van der Waals surface area contributed by atoms with Crippen LogP contribution in [-0.2, 0) is 19.1 Å². The van der Waals surface area contributed by atoms with Crippen molar-refractivity contribution < 1.29 is 23.9 Å². The molecule has 3 aromatic rings. The molecule has 37 heavy (non-hydrogen) atoms. The van der Waals surface area contributed by atoms with Crippen molar-refractivity contribution in [3.8, 4) is 0 Å². The molecule has 2 aromatic heterocycles. The average Bonchev–Trinajstić information content (AvgIpc) is 3.38. The predicted octanol–water partition coefficient (Wildman–Crippen LogP) is 4.63. The second-order valence-corrected chi connectivity index (χ2v) is 11.5. The highest BCUT2D eigenvalue weighted by Gasteiger charge is 2.51. The van der Waals surface area contributed by atoms with Gasteiger partial charge in [-0.05, 0) is 65.8 Å². The molecule has 8 heteroatoms. The summed E-state index contributed by atoms with van der Waals surface area (Å²) in [6.45, 7) is 11.0. The molecule has 1 amide bonds. The van der Waals surface area contributed by atoms with Gasteiger partial charge in [0.2, 0.25) is 0 Å². The van der Waals surface area contributed by atoms with Crippen LogP contribution >= 0.6 is 0 Å². The molecule has 1 fully saturated rings. The number of pyridine rings is 1. The van der Waals surface area contributed by atoms with Gasteiger partial charge in [0.15, 0.2) is 0 Å². The van der Waals surface area contributed by atoms with E-state index in [0.29, 0.717) is 11.3 Å². The molecular formula is C29H35N3O5. The average molecular weight is 506 g/mol. The Morgan fingerprint density at radius 2 is 1.57 bits per heavy atom. The van der Waals surface area contributed by atoms with Gasteiger partial charge in [-0.2, -0.15) is 0 Å². The maximum absolute atomic E-state index is 13.7. The fourth-order valence-electron chi connectivity index (χ4n) is 4.81. The van der Waals surface area contributed by atoms with Crippen molar-refractivity contribution in [1.82, 2.24) is 14.3 Å². The van der Waals surface area contributed by atoms with Crippen LogP contribution in [0.25, 0.3) is 5.65 Å². The van der Waals surface area contributed by atoms with E-state index in [1.54, 1.807) is 65.8 Å². The summed E-state index contributed by atoms with van der Waals surface area (Å²) in [4.78, 5) is 46.7. The van der Waals surface area contributed by atoms with Crippen molar-refractivity contribution in [1.29, 1.82) is 0 Å². The first-order chi connectivity index (χ1) is 17.3. The van der Waals surface area contributed by atoms with Gasteiger partial charge in [-0.15, -0.1) is 0 Å². The van der Waals surface area contributed by atoms with Crippen LogP contribution in [0.1, 0.15) is 69.9 Å². The fourth-order valence-corrected chi connectivity index (χ4v) is 4.81. The molecule has 3 atom stereocenters. The predicted molar refractivity (Wildman–Crippen MR) is 139 cm³/mol. The van der Waals surface area contributed by atoms with Gasteiger partial charge >= 0.3 is 11.9 Å². The van der Waals surface area contributed by atoms with Crippen molar-refractivity contribution >= 4 is 23.5 Å². The number of amides is 1. The largest absolute Gasteiger partial charge is 0.460 e. The molecule has 0 aliphatic carbocycles. The van der Waals surface area contributed by atoms with Crippen molar-refractivity contribution in [3.63, 3.8) is 0 Å². The van der Waals surface area contributed by atoms with E-state index in [1.165, 1.54) is 4.90 Å².